The zero-order valence-corrected chi connectivity index (χ0v) is 14.8. The zero-order chi connectivity index (χ0) is 19.7. The number of ether oxygens (including phenoxy) is 2. The molecule has 0 spiro atoms. The second-order valence-electron chi connectivity index (χ2n) is 4.96. The highest BCUT2D eigenvalue weighted by Crippen LogP contribution is 2.04. The molecule has 142 valence electrons. The summed E-state index contributed by atoms with van der Waals surface area (Å²) in [5.41, 5.74) is 0.352. The summed E-state index contributed by atoms with van der Waals surface area (Å²) in [6.45, 7) is 15.6. The Labute approximate surface area is 143 Å². The van der Waals surface area contributed by atoms with Gasteiger partial charge in [0.15, 0.2) is 0 Å². The van der Waals surface area contributed by atoms with Crippen molar-refractivity contribution in [3.63, 3.8) is 0 Å². The molecule has 0 aliphatic carbocycles. The summed E-state index contributed by atoms with van der Waals surface area (Å²) in [4.78, 5) is 19.2. The van der Waals surface area contributed by atoms with E-state index in [0.29, 0.717) is 6.10 Å². The number of aliphatic hydroxyl groups is 2. The topological polar surface area (TPSA) is 140 Å². The number of epoxide rings is 2. The average molecular weight is 350 g/mol. The van der Waals surface area contributed by atoms with E-state index in [1.165, 1.54) is 20.8 Å². The van der Waals surface area contributed by atoms with E-state index < -0.39 is 18.0 Å². The molecule has 0 bridgehead atoms. The molecule has 2 fully saturated rings. The largest absolute Gasteiger partial charge is 0.478 e. The number of aliphatic hydroxyl groups excluding tert-OH is 2. The molecule has 0 radical (unpaired) electrons. The van der Waals surface area contributed by atoms with E-state index in [2.05, 4.69) is 24.8 Å². The molecule has 2 aliphatic rings. The summed E-state index contributed by atoms with van der Waals surface area (Å²) in [5, 5.41) is 31.8. The minimum Gasteiger partial charge on any atom is -0.478 e. The third kappa shape index (κ3) is 50.0. The van der Waals surface area contributed by atoms with Crippen molar-refractivity contribution in [2.24, 2.45) is 0 Å². The van der Waals surface area contributed by atoms with Crippen LogP contribution in [0.25, 0.3) is 0 Å². The predicted octanol–water partition coefficient (Wildman–Crippen LogP) is 1.08. The molecule has 2 heterocycles. The lowest BCUT2D eigenvalue weighted by molar-refractivity contribution is -0.133. The fourth-order valence-electron chi connectivity index (χ4n) is 0.0962. The highest BCUT2D eigenvalue weighted by Gasteiger charge is 2.13. The van der Waals surface area contributed by atoms with Gasteiger partial charge in [-0.2, -0.15) is 0 Å². The van der Waals surface area contributed by atoms with Crippen molar-refractivity contribution in [2.45, 2.75) is 39.9 Å². The molecule has 24 heavy (non-hydrogen) atoms. The lowest BCUT2D eigenvalue weighted by Gasteiger charge is -1.90. The fraction of sp³-hybridized carbons (Fsp3) is 0.625. The van der Waals surface area contributed by atoms with Crippen LogP contribution in [-0.2, 0) is 19.1 Å². The maximum atomic E-state index is 9.60. The molecule has 8 heteroatoms. The highest BCUT2D eigenvalue weighted by atomic mass is 16.6. The molecule has 4 N–H and O–H groups in total. The summed E-state index contributed by atoms with van der Waals surface area (Å²) in [5.74, 6) is -1.87. The van der Waals surface area contributed by atoms with Gasteiger partial charge in [0.05, 0.1) is 38.6 Å². The minimum atomic E-state index is -0.935. The van der Waals surface area contributed by atoms with E-state index >= 15 is 0 Å². The van der Waals surface area contributed by atoms with E-state index in [1.54, 1.807) is 0 Å². The molecule has 2 unspecified atom stereocenters. The summed E-state index contributed by atoms with van der Waals surface area (Å²) >= 11 is 0. The van der Waals surface area contributed by atoms with Crippen LogP contribution in [0, 0.1) is 0 Å². The molecular weight excluding hydrogens is 320 g/mol. The Bertz CT molecular complexity index is 320. The van der Waals surface area contributed by atoms with Crippen LogP contribution in [0.1, 0.15) is 27.7 Å². The Balaban J connectivity index is -0.000000233. The quantitative estimate of drug-likeness (QED) is 0.438. The van der Waals surface area contributed by atoms with Gasteiger partial charge in [-0.3, -0.25) is 0 Å². The standard InChI is InChI=1S/2C4H6O2.C3H8O2.C3H6O.C2H4O/c2*1-3(2)4(5)6;1-3(5)2-4;1-3-2-4-3;1-2-3-1/h2*1H2,2H3,(H,5,6);3-5H,2H2,1H3;3H,2H2,1H3;1-2H2. The van der Waals surface area contributed by atoms with Crippen molar-refractivity contribution < 1.29 is 39.5 Å². The Kier molecular flexibility index (Phi) is 19.9. The lowest BCUT2D eigenvalue weighted by atomic mass is 10.4. The maximum absolute atomic E-state index is 9.60. The van der Waals surface area contributed by atoms with Crippen molar-refractivity contribution in [3.05, 3.63) is 24.3 Å². The molecule has 8 nitrogen and oxygen atoms in total. The number of carboxylic acids is 2. The molecule has 2 atom stereocenters. The van der Waals surface area contributed by atoms with Gasteiger partial charge in [-0.1, -0.05) is 13.2 Å². The van der Waals surface area contributed by atoms with E-state index in [1.807, 2.05) is 0 Å². The van der Waals surface area contributed by atoms with E-state index in [-0.39, 0.29) is 17.8 Å². The summed E-state index contributed by atoms with van der Waals surface area (Å²) in [7, 11) is 0. The summed E-state index contributed by atoms with van der Waals surface area (Å²) in [6, 6.07) is 0. The Morgan fingerprint density at radius 2 is 1.29 bits per heavy atom. The first kappa shape index (κ1) is 27.1. The molecule has 0 aromatic heterocycles. The molecule has 0 aromatic rings. The lowest BCUT2D eigenvalue weighted by Crippen LogP contribution is -2.03. The second kappa shape index (κ2) is 17.6. The first-order valence-corrected chi connectivity index (χ1v) is 7.21. The molecule has 2 saturated heterocycles. The van der Waals surface area contributed by atoms with Gasteiger partial charge in [0.2, 0.25) is 0 Å². The van der Waals surface area contributed by atoms with E-state index in [0.717, 1.165) is 19.8 Å². The highest BCUT2D eigenvalue weighted by molar-refractivity contribution is 5.85. The van der Waals surface area contributed by atoms with E-state index in [4.69, 9.17) is 25.2 Å². The molecule has 0 amide bonds. The van der Waals surface area contributed by atoms with Crippen LogP contribution in [0.2, 0.25) is 0 Å². The molecular formula is C16H30O8. The van der Waals surface area contributed by atoms with Gasteiger partial charge in [-0.05, 0) is 27.7 Å². The third-order valence-corrected chi connectivity index (χ3v) is 1.70. The SMILES string of the molecule is C1CO1.C=C(C)C(=O)O.C=C(C)C(=O)O.CC(O)CO.CC1CO1. The van der Waals surface area contributed by atoms with Crippen LogP contribution in [-0.4, -0.2) is 71.0 Å². The van der Waals surface area contributed by atoms with Crippen LogP contribution in [0.5, 0.6) is 0 Å². The van der Waals surface area contributed by atoms with Crippen LogP contribution in [0.3, 0.4) is 0 Å². The minimum absolute atomic E-state index is 0.139. The number of carboxylic acid groups (broad SMARTS) is 2. The first-order valence-electron chi connectivity index (χ1n) is 7.21. The fourth-order valence-corrected chi connectivity index (χ4v) is 0.0962. The number of carbonyl (C=O) groups is 2. The van der Waals surface area contributed by atoms with Crippen LogP contribution in [0.4, 0.5) is 0 Å². The third-order valence-electron chi connectivity index (χ3n) is 1.70. The normalized spacial score (nSPS) is 16.5. The van der Waals surface area contributed by atoms with Crippen molar-refractivity contribution in [1.82, 2.24) is 0 Å². The van der Waals surface area contributed by atoms with Gasteiger partial charge in [0.1, 0.15) is 0 Å². The van der Waals surface area contributed by atoms with Crippen LogP contribution >= 0.6 is 0 Å². The van der Waals surface area contributed by atoms with Gasteiger partial charge < -0.3 is 29.9 Å². The molecule has 2 rings (SSSR count). The van der Waals surface area contributed by atoms with Gasteiger partial charge in [-0.25, -0.2) is 9.59 Å². The number of hydrogen-bond donors (Lipinski definition) is 4. The Hall–Kier alpha value is -1.74. The molecule has 0 aromatic carbocycles. The Morgan fingerprint density at radius 1 is 1.12 bits per heavy atom. The maximum Gasteiger partial charge on any atom is 0.330 e. The van der Waals surface area contributed by atoms with E-state index in [9.17, 15) is 9.59 Å². The average Bonchev–Trinajstić information content (AvgIpc) is 3.35. The second-order valence-corrected chi connectivity index (χ2v) is 4.96. The first-order chi connectivity index (χ1) is 10.9. The summed E-state index contributed by atoms with van der Waals surface area (Å²) < 4.78 is 9.21. The van der Waals surface area contributed by atoms with Crippen molar-refractivity contribution in [2.75, 3.05) is 26.4 Å². The van der Waals surface area contributed by atoms with Crippen molar-refractivity contribution in [3.8, 4) is 0 Å². The number of rotatable bonds is 3. The Morgan fingerprint density at radius 3 is 1.29 bits per heavy atom. The monoisotopic (exact) mass is 350 g/mol. The molecule has 2 aliphatic heterocycles. The van der Waals surface area contributed by atoms with Gasteiger partial charge in [-0.15, -0.1) is 0 Å². The smallest absolute Gasteiger partial charge is 0.330 e. The van der Waals surface area contributed by atoms with Gasteiger partial charge in [0, 0.05) is 11.1 Å². The zero-order valence-electron chi connectivity index (χ0n) is 14.8. The predicted molar refractivity (Wildman–Crippen MR) is 89.9 cm³/mol. The van der Waals surface area contributed by atoms with Crippen LogP contribution < -0.4 is 0 Å². The van der Waals surface area contributed by atoms with Crippen LogP contribution in [0.15, 0.2) is 24.3 Å². The van der Waals surface area contributed by atoms with Gasteiger partial charge >= 0.3 is 11.9 Å². The van der Waals surface area contributed by atoms with Gasteiger partial charge in [0.25, 0.3) is 0 Å². The molecule has 0 saturated carbocycles. The van der Waals surface area contributed by atoms with Crippen molar-refractivity contribution >= 4 is 11.9 Å². The number of hydrogen-bond acceptors (Lipinski definition) is 6. The van der Waals surface area contributed by atoms with Crippen molar-refractivity contribution in [1.29, 1.82) is 0 Å². The number of aliphatic carboxylic acids is 2. The summed E-state index contributed by atoms with van der Waals surface area (Å²) in [6.07, 6.45) is 0.0231.